The quantitative estimate of drug-likeness (QED) is 0.515. The Hall–Kier alpha value is -1.20. The first-order chi connectivity index (χ1) is 10.2. The number of carbonyl (C=O) groups excluding carboxylic acids is 1. The summed E-state index contributed by atoms with van der Waals surface area (Å²) < 4.78 is 0. The zero-order valence-electron chi connectivity index (χ0n) is 13.1. The average Bonchev–Trinajstić information content (AvgIpc) is 2.50. The molecule has 21 heavy (non-hydrogen) atoms. The number of nitrogens with one attached hydrogen (secondary N) is 1. The van der Waals surface area contributed by atoms with Gasteiger partial charge in [0.25, 0.3) is 5.91 Å². The predicted molar refractivity (Wildman–Crippen MR) is 92.9 cm³/mol. The lowest BCUT2D eigenvalue weighted by molar-refractivity contribution is 0.0954. The van der Waals surface area contributed by atoms with Gasteiger partial charge >= 0.3 is 0 Å². The molecule has 5 heteroatoms. The van der Waals surface area contributed by atoms with Crippen molar-refractivity contribution in [3.63, 3.8) is 0 Å². The van der Waals surface area contributed by atoms with E-state index in [4.69, 9.17) is 5.73 Å². The highest BCUT2D eigenvalue weighted by atomic mass is 32.2. The number of benzene rings is 1. The average molecular weight is 309 g/mol. The minimum atomic E-state index is -0.0249. The van der Waals surface area contributed by atoms with Crippen LogP contribution in [0.5, 0.6) is 0 Å². The van der Waals surface area contributed by atoms with Crippen LogP contribution in [0.2, 0.25) is 0 Å². The Balaban J connectivity index is 2.06. The molecule has 0 heterocycles. The van der Waals surface area contributed by atoms with E-state index in [1.165, 1.54) is 0 Å². The molecule has 0 spiro atoms. The Morgan fingerprint density at radius 2 is 1.86 bits per heavy atom. The molecule has 0 radical (unpaired) electrons. The van der Waals surface area contributed by atoms with Crippen molar-refractivity contribution >= 4 is 23.4 Å². The van der Waals surface area contributed by atoms with E-state index in [0.717, 1.165) is 44.1 Å². The molecule has 0 saturated heterocycles. The van der Waals surface area contributed by atoms with E-state index in [2.05, 4.69) is 24.1 Å². The number of amides is 1. The highest BCUT2D eigenvalue weighted by Gasteiger charge is 2.04. The first-order valence-corrected chi connectivity index (χ1v) is 8.76. The molecule has 0 aliphatic heterocycles. The van der Waals surface area contributed by atoms with Crippen molar-refractivity contribution in [1.82, 2.24) is 10.2 Å². The topological polar surface area (TPSA) is 58.4 Å². The first kappa shape index (κ1) is 17.9. The van der Waals surface area contributed by atoms with Crippen molar-refractivity contribution in [3.8, 4) is 0 Å². The van der Waals surface area contributed by atoms with E-state index in [0.29, 0.717) is 11.3 Å². The van der Waals surface area contributed by atoms with E-state index in [1.807, 2.05) is 11.8 Å². The molecule has 3 N–H and O–H groups in total. The van der Waals surface area contributed by atoms with Gasteiger partial charge in [0.1, 0.15) is 0 Å². The predicted octanol–water partition coefficient (Wildman–Crippen LogP) is 2.46. The van der Waals surface area contributed by atoms with Crippen LogP contribution in [-0.4, -0.2) is 48.5 Å². The highest BCUT2D eigenvalue weighted by molar-refractivity contribution is 7.99. The molecule has 1 amide bonds. The summed E-state index contributed by atoms with van der Waals surface area (Å²) in [7, 11) is 0. The molecule has 0 aliphatic rings. The number of nitrogen functional groups attached to an aromatic ring is 1. The fourth-order valence-corrected chi connectivity index (χ4v) is 2.89. The molecule has 118 valence electrons. The van der Waals surface area contributed by atoms with E-state index in [9.17, 15) is 4.79 Å². The maximum Gasteiger partial charge on any atom is 0.251 e. The van der Waals surface area contributed by atoms with Gasteiger partial charge in [0, 0.05) is 30.1 Å². The standard InChI is InChI=1S/C16H27N3OS/c1-3-19(4-2)11-13-21-12-5-10-18-16(20)14-6-8-15(17)9-7-14/h6-9H,3-5,10-13,17H2,1-2H3,(H,18,20). The Kier molecular flexibility index (Phi) is 8.94. The van der Waals surface area contributed by atoms with E-state index in [-0.39, 0.29) is 5.91 Å². The molecular weight excluding hydrogens is 282 g/mol. The van der Waals surface area contributed by atoms with Gasteiger partial charge in [-0.05, 0) is 49.5 Å². The molecule has 0 fully saturated rings. The smallest absolute Gasteiger partial charge is 0.251 e. The monoisotopic (exact) mass is 309 g/mol. The summed E-state index contributed by atoms with van der Waals surface area (Å²) in [5.74, 6) is 2.22. The van der Waals surface area contributed by atoms with Gasteiger partial charge in [-0.3, -0.25) is 4.79 Å². The van der Waals surface area contributed by atoms with Gasteiger partial charge in [-0.25, -0.2) is 0 Å². The van der Waals surface area contributed by atoms with Crippen LogP contribution >= 0.6 is 11.8 Å². The van der Waals surface area contributed by atoms with Crippen LogP contribution in [0.3, 0.4) is 0 Å². The Morgan fingerprint density at radius 1 is 1.19 bits per heavy atom. The number of hydrogen-bond acceptors (Lipinski definition) is 4. The van der Waals surface area contributed by atoms with E-state index >= 15 is 0 Å². The van der Waals surface area contributed by atoms with Crippen molar-refractivity contribution in [1.29, 1.82) is 0 Å². The second kappa shape index (κ2) is 10.5. The van der Waals surface area contributed by atoms with Crippen molar-refractivity contribution in [2.24, 2.45) is 0 Å². The van der Waals surface area contributed by atoms with Gasteiger partial charge in [-0.1, -0.05) is 13.8 Å². The Bertz CT molecular complexity index is 404. The molecule has 1 rings (SSSR count). The molecule has 0 saturated carbocycles. The number of hydrogen-bond donors (Lipinski definition) is 2. The second-order valence-corrected chi connectivity index (χ2v) is 6.10. The van der Waals surface area contributed by atoms with Gasteiger partial charge in [0.15, 0.2) is 0 Å². The molecule has 1 aromatic carbocycles. The van der Waals surface area contributed by atoms with Crippen LogP contribution in [0.1, 0.15) is 30.6 Å². The van der Waals surface area contributed by atoms with Gasteiger partial charge in [0.2, 0.25) is 0 Å². The van der Waals surface area contributed by atoms with E-state index < -0.39 is 0 Å². The number of anilines is 1. The van der Waals surface area contributed by atoms with Crippen molar-refractivity contribution in [2.45, 2.75) is 20.3 Å². The number of carbonyl (C=O) groups is 1. The fraction of sp³-hybridized carbons (Fsp3) is 0.562. The SMILES string of the molecule is CCN(CC)CCSCCCNC(=O)c1ccc(N)cc1. The van der Waals surface area contributed by atoms with Crippen molar-refractivity contribution in [3.05, 3.63) is 29.8 Å². The minimum Gasteiger partial charge on any atom is -0.399 e. The lowest BCUT2D eigenvalue weighted by atomic mass is 10.2. The molecule has 0 aromatic heterocycles. The second-order valence-electron chi connectivity index (χ2n) is 4.87. The van der Waals surface area contributed by atoms with Crippen LogP contribution in [-0.2, 0) is 0 Å². The Labute approximate surface area is 132 Å². The summed E-state index contributed by atoms with van der Waals surface area (Å²) in [5, 5.41) is 2.94. The molecule has 0 atom stereocenters. The molecule has 0 aliphatic carbocycles. The van der Waals surface area contributed by atoms with E-state index in [1.54, 1.807) is 24.3 Å². The van der Waals surface area contributed by atoms with Crippen molar-refractivity contribution < 1.29 is 4.79 Å². The van der Waals surface area contributed by atoms with Crippen LogP contribution < -0.4 is 11.1 Å². The highest BCUT2D eigenvalue weighted by Crippen LogP contribution is 2.06. The third kappa shape index (κ3) is 7.39. The third-order valence-electron chi connectivity index (χ3n) is 3.37. The number of nitrogens with two attached hydrogens (primary N) is 1. The normalized spacial score (nSPS) is 10.8. The lowest BCUT2D eigenvalue weighted by Crippen LogP contribution is -2.26. The molecular formula is C16H27N3OS. The first-order valence-electron chi connectivity index (χ1n) is 7.61. The van der Waals surface area contributed by atoms with Gasteiger partial charge in [-0.15, -0.1) is 0 Å². The number of rotatable bonds is 10. The Morgan fingerprint density at radius 3 is 2.48 bits per heavy atom. The zero-order chi connectivity index (χ0) is 15.5. The molecule has 4 nitrogen and oxygen atoms in total. The zero-order valence-corrected chi connectivity index (χ0v) is 13.9. The summed E-state index contributed by atoms with van der Waals surface area (Å²) in [5.41, 5.74) is 6.94. The lowest BCUT2D eigenvalue weighted by Gasteiger charge is -2.17. The maximum atomic E-state index is 11.8. The summed E-state index contributed by atoms with van der Waals surface area (Å²) in [6.07, 6.45) is 1.00. The van der Waals surface area contributed by atoms with Crippen LogP contribution in [0.4, 0.5) is 5.69 Å². The molecule has 0 unspecified atom stereocenters. The minimum absolute atomic E-state index is 0.0249. The number of thioether (sulfide) groups is 1. The van der Waals surface area contributed by atoms with Crippen LogP contribution in [0.15, 0.2) is 24.3 Å². The third-order valence-corrected chi connectivity index (χ3v) is 4.42. The summed E-state index contributed by atoms with van der Waals surface area (Å²) in [6.45, 7) is 8.50. The van der Waals surface area contributed by atoms with Gasteiger partial charge < -0.3 is 16.0 Å². The maximum absolute atomic E-state index is 11.8. The summed E-state index contributed by atoms with van der Waals surface area (Å²) >= 11 is 1.95. The largest absolute Gasteiger partial charge is 0.399 e. The summed E-state index contributed by atoms with van der Waals surface area (Å²) in [4.78, 5) is 14.3. The van der Waals surface area contributed by atoms with Gasteiger partial charge in [0.05, 0.1) is 0 Å². The van der Waals surface area contributed by atoms with Gasteiger partial charge in [-0.2, -0.15) is 11.8 Å². The molecule has 1 aromatic rings. The number of nitrogens with zero attached hydrogens (tertiary/aromatic N) is 1. The van der Waals surface area contributed by atoms with Crippen LogP contribution in [0, 0.1) is 0 Å². The van der Waals surface area contributed by atoms with Crippen molar-refractivity contribution in [2.75, 3.05) is 43.4 Å². The fourth-order valence-electron chi connectivity index (χ4n) is 1.95. The molecule has 0 bridgehead atoms. The summed E-state index contributed by atoms with van der Waals surface area (Å²) in [6, 6.07) is 7.00. The van der Waals surface area contributed by atoms with Crippen LogP contribution in [0.25, 0.3) is 0 Å².